The van der Waals surface area contributed by atoms with Crippen LogP contribution in [0.4, 0.5) is 4.39 Å². The smallest absolute Gasteiger partial charge is 0.230 e. The van der Waals surface area contributed by atoms with Crippen molar-refractivity contribution < 1.29 is 9.18 Å². The fourth-order valence-corrected chi connectivity index (χ4v) is 2.64. The lowest BCUT2D eigenvalue weighted by atomic mass is 9.83. The first-order valence-electron chi connectivity index (χ1n) is 7.43. The molecule has 0 saturated carbocycles. The number of carbonyl (C=O) groups is 1. The molecule has 0 unspecified atom stereocenters. The van der Waals surface area contributed by atoms with Crippen molar-refractivity contribution in [2.24, 2.45) is 0 Å². The number of benzene rings is 1. The summed E-state index contributed by atoms with van der Waals surface area (Å²) in [4.78, 5) is 19.7. The van der Waals surface area contributed by atoms with Gasteiger partial charge >= 0.3 is 0 Å². The third-order valence-corrected chi connectivity index (χ3v) is 4.09. The summed E-state index contributed by atoms with van der Waals surface area (Å²) in [5.74, 6) is -0.425. The zero-order valence-electron chi connectivity index (χ0n) is 13.1. The molecule has 0 aliphatic rings. The van der Waals surface area contributed by atoms with Crippen molar-refractivity contribution in [2.75, 3.05) is 0 Å². The van der Waals surface area contributed by atoms with Gasteiger partial charge in [-0.15, -0.1) is 0 Å². The highest BCUT2D eigenvalue weighted by atomic mass is 19.1. The number of aromatic nitrogens is 2. The Balaban J connectivity index is 1.84. The molecule has 118 valence electrons. The molecule has 4 nitrogen and oxygen atoms in total. The summed E-state index contributed by atoms with van der Waals surface area (Å²) in [7, 11) is 0. The number of halogens is 1. The van der Waals surface area contributed by atoms with E-state index in [2.05, 4.69) is 15.3 Å². The number of nitrogens with zero attached hydrogens (tertiary/aromatic N) is 1. The Hall–Kier alpha value is -2.69. The van der Waals surface area contributed by atoms with E-state index < -0.39 is 5.41 Å². The van der Waals surface area contributed by atoms with Crippen LogP contribution in [0, 0.1) is 5.82 Å². The number of nitrogens with one attached hydrogen (secondary N) is 2. The van der Waals surface area contributed by atoms with Gasteiger partial charge in [-0.3, -0.25) is 9.78 Å². The van der Waals surface area contributed by atoms with Gasteiger partial charge in [-0.2, -0.15) is 0 Å². The minimum atomic E-state index is -0.779. The van der Waals surface area contributed by atoms with Crippen LogP contribution in [0.25, 0.3) is 10.9 Å². The van der Waals surface area contributed by atoms with Gasteiger partial charge in [0.2, 0.25) is 5.91 Å². The lowest BCUT2D eigenvalue weighted by Gasteiger charge is -2.23. The summed E-state index contributed by atoms with van der Waals surface area (Å²) in [6.45, 7) is 4.10. The lowest BCUT2D eigenvalue weighted by Crippen LogP contribution is -2.39. The number of carbonyl (C=O) groups excluding carboxylic acids is 1. The third kappa shape index (κ3) is 2.95. The van der Waals surface area contributed by atoms with E-state index in [4.69, 9.17) is 0 Å². The SMILES string of the molecule is CC(C)(C(=O)NCc1ccncc1)c1c[nH]c2ccc(F)cc12. The fraction of sp³-hybridized carbons (Fsp3) is 0.222. The molecule has 0 spiro atoms. The van der Waals surface area contributed by atoms with Crippen molar-refractivity contribution in [1.82, 2.24) is 15.3 Å². The second kappa shape index (κ2) is 5.83. The van der Waals surface area contributed by atoms with E-state index in [1.165, 1.54) is 12.1 Å². The molecule has 0 aliphatic heterocycles. The van der Waals surface area contributed by atoms with Crippen molar-refractivity contribution in [1.29, 1.82) is 0 Å². The molecule has 5 heteroatoms. The van der Waals surface area contributed by atoms with Gasteiger partial charge in [0, 0.05) is 36.0 Å². The molecule has 2 aromatic heterocycles. The Labute approximate surface area is 133 Å². The van der Waals surface area contributed by atoms with Crippen molar-refractivity contribution in [2.45, 2.75) is 25.8 Å². The average molecular weight is 311 g/mol. The highest BCUT2D eigenvalue weighted by Gasteiger charge is 2.32. The van der Waals surface area contributed by atoms with E-state index in [1.807, 2.05) is 26.0 Å². The zero-order chi connectivity index (χ0) is 16.4. The van der Waals surface area contributed by atoms with Gasteiger partial charge in [-0.1, -0.05) is 0 Å². The van der Waals surface area contributed by atoms with Crippen molar-refractivity contribution in [3.05, 3.63) is 65.9 Å². The van der Waals surface area contributed by atoms with Crippen LogP contribution in [0.5, 0.6) is 0 Å². The molecule has 1 aromatic carbocycles. The predicted molar refractivity (Wildman–Crippen MR) is 87.4 cm³/mol. The van der Waals surface area contributed by atoms with Gasteiger partial charge in [0.05, 0.1) is 5.41 Å². The summed E-state index contributed by atoms with van der Waals surface area (Å²) in [5, 5.41) is 3.66. The van der Waals surface area contributed by atoms with E-state index >= 15 is 0 Å². The average Bonchev–Trinajstić information content (AvgIpc) is 2.97. The highest BCUT2D eigenvalue weighted by molar-refractivity contribution is 5.94. The van der Waals surface area contributed by atoms with Gasteiger partial charge < -0.3 is 10.3 Å². The Morgan fingerprint density at radius 3 is 2.74 bits per heavy atom. The maximum atomic E-state index is 13.5. The molecule has 3 rings (SSSR count). The minimum absolute atomic E-state index is 0.112. The van der Waals surface area contributed by atoms with E-state index in [-0.39, 0.29) is 11.7 Å². The van der Waals surface area contributed by atoms with Gasteiger partial charge in [-0.25, -0.2) is 4.39 Å². The minimum Gasteiger partial charge on any atom is -0.361 e. The fourth-order valence-electron chi connectivity index (χ4n) is 2.64. The van der Waals surface area contributed by atoms with Gasteiger partial charge in [0.25, 0.3) is 0 Å². The number of fused-ring (bicyclic) bond motifs is 1. The number of amides is 1. The van der Waals surface area contributed by atoms with Gasteiger partial charge in [-0.05, 0) is 55.3 Å². The molecule has 0 radical (unpaired) electrons. The molecule has 0 saturated heterocycles. The Morgan fingerprint density at radius 2 is 2.00 bits per heavy atom. The molecule has 2 heterocycles. The number of rotatable bonds is 4. The molecule has 0 atom stereocenters. The molecule has 0 aliphatic carbocycles. The van der Waals surface area contributed by atoms with Crippen LogP contribution < -0.4 is 5.32 Å². The van der Waals surface area contributed by atoms with Crippen LogP contribution in [0.3, 0.4) is 0 Å². The standard InChI is InChI=1S/C18H18FN3O/c1-18(2,17(23)22-10-12-5-7-20-8-6-12)15-11-21-16-4-3-13(19)9-14(15)16/h3-9,11,21H,10H2,1-2H3,(H,22,23). The molecule has 0 fully saturated rings. The third-order valence-electron chi connectivity index (χ3n) is 4.09. The Kier molecular flexibility index (Phi) is 3.86. The highest BCUT2D eigenvalue weighted by Crippen LogP contribution is 2.31. The molecule has 23 heavy (non-hydrogen) atoms. The first-order valence-corrected chi connectivity index (χ1v) is 7.43. The lowest BCUT2D eigenvalue weighted by molar-refractivity contribution is -0.125. The summed E-state index contributed by atoms with van der Waals surface area (Å²) >= 11 is 0. The van der Waals surface area contributed by atoms with E-state index in [9.17, 15) is 9.18 Å². The second-order valence-corrected chi connectivity index (χ2v) is 6.06. The van der Waals surface area contributed by atoms with Gasteiger partial charge in [0.1, 0.15) is 5.82 Å². The summed E-state index contributed by atoms with van der Waals surface area (Å²) < 4.78 is 13.5. The van der Waals surface area contributed by atoms with E-state index in [0.717, 1.165) is 22.0 Å². The van der Waals surface area contributed by atoms with Crippen LogP contribution >= 0.6 is 0 Å². The number of H-pyrrole nitrogens is 1. The predicted octanol–water partition coefficient (Wildman–Crippen LogP) is 3.30. The second-order valence-electron chi connectivity index (χ2n) is 6.06. The van der Waals surface area contributed by atoms with E-state index in [1.54, 1.807) is 24.7 Å². The zero-order valence-corrected chi connectivity index (χ0v) is 13.1. The molecule has 3 aromatic rings. The number of aromatic amines is 1. The maximum absolute atomic E-state index is 13.5. The maximum Gasteiger partial charge on any atom is 0.230 e. The largest absolute Gasteiger partial charge is 0.361 e. The summed E-state index contributed by atoms with van der Waals surface area (Å²) in [6.07, 6.45) is 5.15. The van der Waals surface area contributed by atoms with Crippen molar-refractivity contribution in [3.63, 3.8) is 0 Å². The van der Waals surface area contributed by atoms with Crippen molar-refractivity contribution in [3.8, 4) is 0 Å². The number of hydrogen-bond donors (Lipinski definition) is 2. The number of hydrogen-bond acceptors (Lipinski definition) is 2. The molecule has 1 amide bonds. The van der Waals surface area contributed by atoms with Crippen molar-refractivity contribution >= 4 is 16.8 Å². The van der Waals surface area contributed by atoms with Crippen LogP contribution in [-0.2, 0) is 16.8 Å². The van der Waals surface area contributed by atoms with Crippen LogP contribution in [0.2, 0.25) is 0 Å². The Bertz CT molecular complexity index is 840. The molecular weight excluding hydrogens is 293 g/mol. The van der Waals surface area contributed by atoms with Crippen LogP contribution in [0.15, 0.2) is 48.9 Å². The quantitative estimate of drug-likeness (QED) is 0.777. The monoisotopic (exact) mass is 311 g/mol. The summed E-state index contributed by atoms with van der Waals surface area (Å²) in [5.41, 5.74) is 1.80. The normalized spacial score (nSPS) is 11.6. The number of pyridine rings is 1. The Morgan fingerprint density at radius 1 is 1.26 bits per heavy atom. The summed E-state index contributed by atoms with van der Waals surface area (Å²) in [6, 6.07) is 8.25. The van der Waals surface area contributed by atoms with Crippen LogP contribution in [0.1, 0.15) is 25.0 Å². The van der Waals surface area contributed by atoms with Gasteiger partial charge in [0.15, 0.2) is 0 Å². The molecule has 0 bridgehead atoms. The van der Waals surface area contributed by atoms with Crippen LogP contribution in [-0.4, -0.2) is 15.9 Å². The first-order chi connectivity index (χ1) is 11.0. The molecule has 2 N–H and O–H groups in total. The first kappa shape index (κ1) is 15.2. The molecular formula is C18H18FN3O. The van der Waals surface area contributed by atoms with E-state index in [0.29, 0.717) is 6.54 Å². The topological polar surface area (TPSA) is 57.8 Å².